The van der Waals surface area contributed by atoms with Crippen LogP contribution in [-0.4, -0.2) is 24.4 Å². The molecule has 1 unspecified atom stereocenters. The van der Waals surface area contributed by atoms with Crippen LogP contribution in [0.25, 0.3) is 0 Å². The van der Waals surface area contributed by atoms with E-state index in [0.29, 0.717) is 0 Å². The molecule has 1 aliphatic heterocycles. The number of hydrogen-bond acceptors (Lipinski definition) is 3. The molecule has 0 bridgehead atoms. The molecule has 1 heterocycles. The van der Waals surface area contributed by atoms with Crippen LogP contribution in [0.15, 0.2) is 30.3 Å². The van der Waals surface area contributed by atoms with E-state index >= 15 is 0 Å². The Labute approximate surface area is 120 Å². The molecule has 1 atom stereocenters. The van der Waals surface area contributed by atoms with Gasteiger partial charge in [0, 0.05) is 18.9 Å². The summed E-state index contributed by atoms with van der Waals surface area (Å²) in [5.74, 6) is 1.08. The largest absolute Gasteiger partial charge is 0.358 e. The van der Waals surface area contributed by atoms with Crippen LogP contribution in [0.4, 0.5) is 0 Å². The van der Waals surface area contributed by atoms with Crippen molar-refractivity contribution in [2.24, 2.45) is 0 Å². The lowest BCUT2D eigenvalue weighted by atomic mass is 9.89. The van der Waals surface area contributed by atoms with Crippen molar-refractivity contribution in [3.63, 3.8) is 0 Å². The van der Waals surface area contributed by atoms with Crippen molar-refractivity contribution in [2.75, 3.05) is 18.9 Å². The molecule has 1 saturated heterocycles. The SMILES string of the molecule is CCOC1(c2ccccc2)SCCNC1(C)C.Cl. The normalized spacial score (nSPS) is 26.4. The summed E-state index contributed by atoms with van der Waals surface area (Å²) in [6.45, 7) is 8.28. The molecule has 2 nitrogen and oxygen atoms in total. The third-order valence-corrected chi connectivity index (χ3v) is 4.98. The second kappa shape index (κ2) is 6.29. The Morgan fingerprint density at radius 2 is 1.94 bits per heavy atom. The van der Waals surface area contributed by atoms with Crippen LogP contribution in [0.3, 0.4) is 0 Å². The summed E-state index contributed by atoms with van der Waals surface area (Å²) in [4.78, 5) is -0.277. The van der Waals surface area contributed by atoms with E-state index in [0.717, 1.165) is 18.9 Å². The predicted molar refractivity (Wildman–Crippen MR) is 81.5 cm³/mol. The van der Waals surface area contributed by atoms with Gasteiger partial charge in [0.05, 0.1) is 5.54 Å². The van der Waals surface area contributed by atoms with E-state index in [1.807, 2.05) is 11.8 Å². The fourth-order valence-corrected chi connectivity index (χ4v) is 3.89. The summed E-state index contributed by atoms with van der Waals surface area (Å²) < 4.78 is 6.17. The maximum atomic E-state index is 6.17. The lowest BCUT2D eigenvalue weighted by Gasteiger charge is -2.49. The number of rotatable bonds is 3. The number of nitrogens with one attached hydrogen (secondary N) is 1. The first-order valence-corrected chi connectivity index (χ1v) is 7.19. The summed E-state index contributed by atoms with van der Waals surface area (Å²) >= 11 is 1.91. The molecule has 0 radical (unpaired) electrons. The Kier molecular flexibility index (Phi) is 5.53. The second-order valence-corrected chi connectivity index (χ2v) is 6.09. The maximum absolute atomic E-state index is 6.17. The van der Waals surface area contributed by atoms with Crippen molar-refractivity contribution in [2.45, 2.75) is 31.2 Å². The van der Waals surface area contributed by atoms with Gasteiger partial charge >= 0.3 is 0 Å². The predicted octanol–water partition coefficient (Wildman–Crippen LogP) is 3.41. The summed E-state index contributed by atoms with van der Waals surface area (Å²) in [7, 11) is 0. The Morgan fingerprint density at radius 3 is 2.50 bits per heavy atom. The molecule has 0 spiro atoms. The molecule has 1 aromatic carbocycles. The number of ether oxygens (including phenoxy) is 1. The number of thioether (sulfide) groups is 1. The Bertz CT molecular complexity index is 367. The zero-order valence-corrected chi connectivity index (χ0v) is 12.9. The summed E-state index contributed by atoms with van der Waals surface area (Å²) in [6, 6.07) is 10.6. The van der Waals surface area contributed by atoms with E-state index in [-0.39, 0.29) is 22.9 Å². The second-order valence-electron chi connectivity index (χ2n) is 4.82. The molecular weight excluding hydrogens is 266 g/mol. The number of hydrogen-bond donors (Lipinski definition) is 1. The molecular formula is C14H22ClNOS. The first kappa shape index (κ1) is 15.8. The molecule has 4 heteroatoms. The van der Waals surface area contributed by atoms with Crippen LogP contribution in [-0.2, 0) is 9.67 Å². The van der Waals surface area contributed by atoms with Gasteiger partial charge in [0.15, 0.2) is 4.93 Å². The van der Waals surface area contributed by atoms with Crippen LogP contribution >= 0.6 is 24.2 Å². The fourth-order valence-electron chi connectivity index (χ4n) is 2.47. The van der Waals surface area contributed by atoms with Crippen LogP contribution in [0.5, 0.6) is 0 Å². The first-order chi connectivity index (χ1) is 8.12. The Morgan fingerprint density at radius 1 is 1.28 bits per heavy atom. The van der Waals surface area contributed by atoms with Gasteiger partial charge in [-0.3, -0.25) is 0 Å². The smallest absolute Gasteiger partial charge is 0.156 e. The average Bonchev–Trinajstić information content (AvgIpc) is 2.33. The van der Waals surface area contributed by atoms with Crippen molar-refractivity contribution >= 4 is 24.2 Å². The lowest BCUT2D eigenvalue weighted by molar-refractivity contribution is -0.0323. The van der Waals surface area contributed by atoms with E-state index in [1.165, 1.54) is 5.56 Å². The van der Waals surface area contributed by atoms with Crippen LogP contribution < -0.4 is 5.32 Å². The molecule has 18 heavy (non-hydrogen) atoms. The van der Waals surface area contributed by atoms with E-state index in [2.05, 4.69) is 56.4 Å². The van der Waals surface area contributed by atoms with Crippen LogP contribution in [0.1, 0.15) is 26.3 Å². The van der Waals surface area contributed by atoms with Crippen molar-refractivity contribution in [1.29, 1.82) is 0 Å². The van der Waals surface area contributed by atoms with Crippen molar-refractivity contribution < 1.29 is 4.74 Å². The Balaban J connectivity index is 0.00000162. The van der Waals surface area contributed by atoms with Crippen molar-refractivity contribution in [1.82, 2.24) is 5.32 Å². The molecule has 0 aliphatic carbocycles. The molecule has 1 fully saturated rings. The van der Waals surface area contributed by atoms with Gasteiger partial charge in [-0.15, -0.1) is 24.2 Å². The standard InChI is InChI=1S/C14H21NOS.ClH/c1-4-16-14(12-8-6-5-7-9-12)13(2,3)15-10-11-17-14;/h5-9,15H,4,10-11H2,1-3H3;1H. The van der Waals surface area contributed by atoms with E-state index in [4.69, 9.17) is 4.74 Å². The van der Waals surface area contributed by atoms with Gasteiger partial charge in [-0.1, -0.05) is 30.3 Å². The minimum Gasteiger partial charge on any atom is -0.358 e. The molecule has 102 valence electrons. The monoisotopic (exact) mass is 287 g/mol. The van der Waals surface area contributed by atoms with Gasteiger partial charge in [0.1, 0.15) is 0 Å². The number of benzene rings is 1. The molecule has 0 saturated carbocycles. The van der Waals surface area contributed by atoms with Gasteiger partial charge in [-0.25, -0.2) is 0 Å². The van der Waals surface area contributed by atoms with Gasteiger partial charge in [-0.2, -0.15) is 0 Å². The topological polar surface area (TPSA) is 21.3 Å². The zero-order chi connectivity index (χ0) is 12.4. The molecule has 1 aliphatic rings. The fraction of sp³-hybridized carbons (Fsp3) is 0.571. The average molecular weight is 288 g/mol. The minimum absolute atomic E-state index is 0. The summed E-state index contributed by atoms with van der Waals surface area (Å²) in [5, 5.41) is 3.59. The third-order valence-electron chi connectivity index (χ3n) is 3.30. The molecule has 2 rings (SSSR count). The van der Waals surface area contributed by atoms with Crippen LogP contribution in [0, 0.1) is 0 Å². The quantitative estimate of drug-likeness (QED) is 0.920. The van der Waals surface area contributed by atoms with E-state index < -0.39 is 0 Å². The van der Waals surface area contributed by atoms with Crippen molar-refractivity contribution in [3.05, 3.63) is 35.9 Å². The van der Waals surface area contributed by atoms with Gasteiger partial charge in [0.2, 0.25) is 0 Å². The summed E-state index contributed by atoms with van der Waals surface area (Å²) in [6.07, 6.45) is 0. The van der Waals surface area contributed by atoms with E-state index in [1.54, 1.807) is 0 Å². The molecule has 1 aromatic rings. The number of halogens is 1. The van der Waals surface area contributed by atoms with Gasteiger partial charge in [-0.05, 0) is 26.3 Å². The van der Waals surface area contributed by atoms with E-state index in [9.17, 15) is 0 Å². The zero-order valence-electron chi connectivity index (χ0n) is 11.2. The first-order valence-electron chi connectivity index (χ1n) is 6.21. The van der Waals surface area contributed by atoms with Gasteiger partial charge in [0.25, 0.3) is 0 Å². The van der Waals surface area contributed by atoms with Crippen molar-refractivity contribution in [3.8, 4) is 0 Å². The minimum atomic E-state index is -0.277. The van der Waals surface area contributed by atoms with Crippen LogP contribution in [0.2, 0.25) is 0 Å². The highest BCUT2D eigenvalue weighted by molar-refractivity contribution is 8.00. The maximum Gasteiger partial charge on any atom is 0.156 e. The lowest BCUT2D eigenvalue weighted by Crippen LogP contribution is -2.60. The molecule has 1 N–H and O–H groups in total. The highest BCUT2D eigenvalue weighted by atomic mass is 35.5. The highest BCUT2D eigenvalue weighted by Gasteiger charge is 2.49. The third kappa shape index (κ3) is 2.69. The highest BCUT2D eigenvalue weighted by Crippen LogP contribution is 2.48. The molecule has 0 amide bonds. The molecule has 0 aromatic heterocycles. The summed E-state index contributed by atoms with van der Waals surface area (Å²) in [5.41, 5.74) is 1.19. The Hall–Kier alpha value is -0.220. The van der Waals surface area contributed by atoms with Gasteiger partial charge < -0.3 is 10.1 Å².